The highest BCUT2D eigenvalue weighted by atomic mass is 79.9. The Kier molecular flexibility index (Phi) is 5.55. The standard InChI is InChI=1S/C15H19Br2NS/c1-4-6-7-11-9(3)13(16)15-12(14(11)17)10(5-2)8-19-18-15/h4-8H2,1-3H3. The van der Waals surface area contributed by atoms with Crippen LogP contribution in [0.25, 0.3) is 5.57 Å². The Morgan fingerprint density at radius 1 is 1.21 bits per heavy atom. The zero-order valence-corrected chi connectivity index (χ0v) is 15.6. The lowest BCUT2D eigenvalue weighted by Gasteiger charge is -2.16. The van der Waals surface area contributed by atoms with Gasteiger partial charge >= 0.3 is 0 Å². The molecular weight excluding hydrogens is 386 g/mol. The first kappa shape index (κ1) is 15.6. The average molecular weight is 405 g/mol. The molecule has 1 nitrogen and oxygen atoms in total. The highest BCUT2D eigenvalue weighted by Gasteiger charge is 2.16. The molecule has 0 bridgehead atoms. The lowest BCUT2D eigenvalue weighted by atomic mass is 9.99. The Bertz CT molecular complexity index is 608. The van der Waals surface area contributed by atoms with Crippen LogP contribution >= 0.6 is 43.8 Å². The van der Waals surface area contributed by atoms with E-state index >= 15 is 0 Å². The Balaban J connectivity index is 2.78. The van der Waals surface area contributed by atoms with Gasteiger partial charge in [0.05, 0.1) is 5.36 Å². The fourth-order valence-electron chi connectivity index (χ4n) is 2.42. The molecule has 0 saturated heterocycles. The molecule has 1 aromatic rings. The number of hydrogen-bond acceptors (Lipinski definition) is 2. The van der Waals surface area contributed by atoms with Gasteiger partial charge in [0.1, 0.15) is 0 Å². The van der Waals surface area contributed by atoms with E-state index in [1.165, 1.54) is 43.7 Å². The third-order valence-corrected chi connectivity index (χ3v) is 6.30. The van der Waals surface area contributed by atoms with Gasteiger partial charge in [0.25, 0.3) is 0 Å². The summed E-state index contributed by atoms with van der Waals surface area (Å²) in [5.41, 5.74) is 4.28. The molecule has 0 saturated carbocycles. The molecule has 0 aliphatic carbocycles. The van der Waals surface area contributed by atoms with E-state index in [1.807, 2.05) is 0 Å². The topological polar surface area (TPSA) is 12.4 Å². The molecule has 19 heavy (non-hydrogen) atoms. The van der Waals surface area contributed by atoms with E-state index in [4.69, 9.17) is 0 Å². The highest BCUT2D eigenvalue weighted by molar-refractivity contribution is 9.11. The normalized spacial score (nSPS) is 14.3. The lowest BCUT2D eigenvalue weighted by Crippen LogP contribution is -2.34. The Morgan fingerprint density at radius 3 is 2.58 bits per heavy atom. The van der Waals surface area contributed by atoms with Crippen LogP contribution in [0.3, 0.4) is 0 Å². The maximum atomic E-state index is 4.65. The molecule has 1 aromatic carbocycles. The maximum absolute atomic E-state index is 4.65. The number of halogens is 2. The van der Waals surface area contributed by atoms with Crippen molar-refractivity contribution in [1.29, 1.82) is 0 Å². The van der Waals surface area contributed by atoms with Gasteiger partial charge in [-0.2, -0.15) is 0 Å². The number of unbranched alkanes of at least 4 members (excludes halogenated alkanes) is 1. The summed E-state index contributed by atoms with van der Waals surface area (Å²) in [6.07, 6.45) is 4.69. The van der Waals surface area contributed by atoms with Gasteiger partial charge in [-0.25, -0.2) is 4.40 Å². The van der Waals surface area contributed by atoms with Crippen LogP contribution < -0.4 is 10.6 Å². The Morgan fingerprint density at radius 2 is 1.95 bits per heavy atom. The fraction of sp³-hybridized carbons (Fsp3) is 0.533. The molecule has 1 aliphatic heterocycles. The summed E-state index contributed by atoms with van der Waals surface area (Å²) in [4.78, 5) is 0. The molecule has 1 aliphatic rings. The molecule has 4 heteroatoms. The van der Waals surface area contributed by atoms with Crippen molar-refractivity contribution in [3.05, 3.63) is 30.6 Å². The van der Waals surface area contributed by atoms with Crippen molar-refractivity contribution in [2.75, 3.05) is 5.75 Å². The lowest BCUT2D eigenvalue weighted by molar-refractivity contribution is 0.786. The first-order chi connectivity index (χ1) is 9.11. The van der Waals surface area contributed by atoms with Gasteiger partial charge in [0.2, 0.25) is 0 Å². The molecule has 2 rings (SSSR count). The van der Waals surface area contributed by atoms with Crippen LogP contribution in [0.2, 0.25) is 0 Å². The third kappa shape index (κ3) is 2.96. The average Bonchev–Trinajstić information content (AvgIpc) is 2.44. The zero-order valence-electron chi connectivity index (χ0n) is 11.6. The summed E-state index contributed by atoms with van der Waals surface area (Å²) in [7, 11) is 0. The number of fused-ring (bicyclic) bond motifs is 1. The minimum Gasteiger partial charge on any atom is -0.215 e. The molecule has 0 spiro atoms. The van der Waals surface area contributed by atoms with Crippen molar-refractivity contribution in [1.82, 2.24) is 0 Å². The van der Waals surface area contributed by atoms with Crippen LogP contribution in [0, 0.1) is 6.92 Å². The first-order valence-corrected chi connectivity index (χ1v) is 9.33. The van der Waals surface area contributed by atoms with Gasteiger partial charge in [-0.3, -0.25) is 0 Å². The summed E-state index contributed by atoms with van der Waals surface area (Å²) >= 11 is 9.27. The van der Waals surface area contributed by atoms with Gasteiger partial charge in [0.15, 0.2) is 0 Å². The zero-order chi connectivity index (χ0) is 14.0. The monoisotopic (exact) mass is 403 g/mol. The third-order valence-electron chi connectivity index (χ3n) is 3.67. The van der Waals surface area contributed by atoms with Gasteiger partial charge in [-0.05, 0) is 86.7 Å². The molecule has 0 radical (unpaired) electrons. The van der Waals surface area contributed by atoms with Crippen LogP contribution in [0.5, 0.6) is 0 Å². The smallest absolute Gasteiger partial charge is 0.0941 e. The van der Waals surface area contributed by atoms with Crippen molar-refractivity contribution in [3.8, 4) is 0 Å². The molecule has 0 atom stereocenters. The Labute approximate surface area is 136 Å². The first-order valence-electron chi connectivity index (χ1n) is 6.80. The number of rotatable bonds is 4. The summed E-state index contributed by atoms with van der Waals surface area (Å²) in [5, 5.41) is 2.46. The van der Waals surface area contributed by atoms with E-state index in [0.29, 0.717) is 0 Å². The summed E-state index contributed by atoms with van der Waals surface area (Å²) in [6.45, 7) is 6.67. The summed E-state index contributed by atoms with van der Waals surface area (Å²) in [6, 6.07) is 0. The quantitative estimate of drug-likeness (QED) is 0.662. The minimum absolute atomic E-state index is 1.02. The molecule has 0 amide bonds. The van der Waals surface area contributed by atoms with Gasteiger partial charge in [0, 0.05) is 19.9 Å². The molecule has 1 heterocycles. The molecule has 0 aromatic heterocycles. The fourth-order valence-corrected chi connectivity index (χ4v) is 4.91. The van der Waals surface area contributed by atoms with Crippen molar-refractivity contribution < 1.29 is 0 Å². The Hall–Kier alpha value is 0.200. The van der Waals surface area contributed by atoms with Crippen LogP contribution in [-0.2, 0) is 6.42 Å². The second-order valence-electron chi connectivity index (χ2n) is 4.88. The second-order valence-corrected chi connectivity index (χ2v) is 7.20. The molecule has 0 N–H and O–H groups in total. The van der Waals surface area contributed by atoms with Crippen molar-refractivity contribution in [2.24, 2.45) is 4.40 Å². The minimum atomic E-state index is 1.02. The van der Waals surface area contributed by atoms with Crippen LogP contribution in [0.4, 0.5) is 0 Å². The van der Waals surface area contributed by atoms with Crippen LogP contribution in [-0.4, -0.2) is 5.75 Å². The van der Waals surface area contributed by atoms with Crippen molar-refractivity contribution >= 4 is 49.4 Å². The van der Waals surface area contributed by atoms with Crippen molar-refractivity contribution in [3.63, 3.8) is 0 Å². The van der Waals surface area contributed by atoms with E-state index in [-0.39, 0.29) is 0 Å². The molecule has 104 valence electrons. The summed E-state index contributed by atoms with van der Waals surface area (Å²) in [5.74, 6) is 1.02. The van der Waals surface area contributed by atoms with Gasteiger partial charge in [-0.1, -0.05) is 20.3 Å². The van der Waals surface area contributed by atoms with Crippen LogP contribution in [0.15, 0.2) is 13.3 Å². The maximum Gasteiger partial charge on any atom is 0.0941 e. The van der Waals surface area contributed by atoms with E-state index in [0.717, 1.165) is 24.0 Å². The SMILES string of the molecule is CCCCc1c(C)c(Br)c2c(c1Br)=C(CC)CSN=2. The predicted molar refractivity (Wildman–Crippen MR) is 92.1 cm³/mol. The van der Waals surface area contributed by atoms with Gasteiger partial charge in [-0.15, -0.1) is 0 Å². The highest BCUT2D eigenvalue weighted by Crippen LogP contribution is 2.26. The molecule has 0 unspecified atom stereocenters. The second kappa shape index (κ2) is 6.77. The van der Waals surface area contributed by atoms with Crippen molar-refractivity contribution in [2.45, 2.75) is 46.5 Å². The summed E-state index contributed by atoms with van der Waals surface area (Å²) < 4.78 is 7.10. The number of hydrogen-bond donors (Lipinski definition) is 0. The van der Waals surface area contributed by atoms with E-state index in [9.17, 15) is 0 Å². The van der Waals surface area contributed by atoms with Crippen LogP contribution in [0.1, 0.15) is 44.2 Å². The number of benzene rings is 1. The van der Waals surface area contributed by atoms with E-state index in [2.05, 4.69) is 57.0 Å². The van der Waals surface area contributed by atoms with Gasteiger partial charge < -0.3 is 0 Å². The largest absolute Gasteiger partial charge is 0.215 e. The van der Waals surface area contributed by atoms with E-state index in [1.54, 1.807) is 11.9 Å². The molecular formula is C15H19Br2NS. The predicted octanol–water partition coefficient (Wildman–Crippen LogP) is 4.70. The van der Waals surface area contributed by atoms with E-state index < -0.39 is 0 Å². The molecule has 0 fully saturated rings. The number of nitrogens with zero attached hydrogens (tertiary/aromatic N) is 1.